The van der Waals surface area contributed by atoms with Crippen molar-refractivity contribution in [2.24, 2.45) is 7.05 Å². The molecule has 0 fully saturated rings. The normalized spacial score (nSPS) is 10.6. The third-order valence-electron chi connectivity index (χ3n) is 3.72. The molecular weight excluding hydrogens is 356 g/mol. The van der Waals surface area contributed by atoms with Crippen LogP contribution in [0.15, 0.2) is 23.4 Å². The summed E-state index contributed by atoms with van der Waals surface area (Å²) in [7, 11) is 6.68. The van der Waals surface area contributed by atoms with E-state index >= 15 is 0 Å². The zero-order chi connectivity index (χ0) is 18.9. The molecule has 0 spiro atoms. The summed E-state index contributed by atoms with van der Waals surface area (Å²) >= 11 is 1.59. The van der Waals surface area contributed by atoms with Crippen LogP contribution in [0.5, 0.6) is 11.5 Å². The van der Waals surface area contributed by atoms with Crippen LogP contribution in [0.1, 0.15) is 16.2 Å². The number of hydrogen-bond donors (Lipinski definition) is 1. The predicted molar refractivity (Wildman–Crippen MR) is 99.2 cm³/mol. The number of methoxy groups -OCH3 is 3. The first kappa shape index (κ1) is 20.1. The van der Waals surface area contributed by atoms with Gasteiger partial charge in [-0.05, 0) is 18.2 Å². The van der Waals surface area contributed by atoms with Crippen LogP contribution < -0.4 is 14.8 Å². The van der Waals surface area contributed by atoms with Crippen LogP contribution in [0.2, 0.25) is 0 Å². The van der Waals surface area contributed by atoms with E-state index in [0.717, 1.165) is 16.7 Å². The van der Waals surface area contributed by atoms with Crippen molar-refractivity contribution in [1.82, 2.24) is 20.1 Å². The van der Waals surface area contributed by atoms with Gasteiger partial charge in [-0.2, -0.15) is 0 Å². The second kappa shape index (κ2) is 10.0. The summed E-state index contributed by atoms with van der Waals surface area (Å²) in [6, 6.07) is 5.06. The van der Waals surface area contributed by atoms with E-state index in [0.29, 0.717) is 36.6 Å². The number of nitrogens with zero attached hydrogens (tertiary/aromatic N) is 3. The molecule has 1 aromatic heterocycles. The van der Waals surface area contributed by atoms with E-state index in [4.69, 9.17) is 14.2 Å². The molecule has 1 heterocycles. The zero-order valence-electron chi connectivity index (χ0n) is 15.4. The zero-order valence-corrected chi connectivity index (χ0v) is 16.3. The summed E-state index contributed by atoms with van der Waals surface area (Å²) in [5, 5.41) is 12.1. The number of amides is 1. The quantitative estimate of drug-likeness (QED) is 0.494. The van der Waals surface area contributed by atoms with Gasteiger partial charge in [0.15, 0.2) is 16.7 Å². The van der Waals surface area contributed by atoms with Gasteiger partial charge in [-0.1, -0.05) is 11.8 Å². The smallest absolute Gasteiger partial charge is 0.251 e. The fourth-order valence-electron chi connectivity index (χ4n) is 2.27. The molecule has 0 unspecified atom stereocenters. The van der Waals surface area contributed by atoms with Gasteiger partial charge >= 0.3 is 0 Å². The molecule has 0 bridgehead atoms. The fourth-order valence-corrected chi connectivity index (χ4v) is 3.10. The summed E-state index contributed by atoms with van der Waals surface area (Å²) in [6.07, 6.45) is 0.591. The Morgan fingerprint density at radius 2 is 1.96 bits per heavy atom. The molecule has 1 amide bonds. The number of carbonyl (C=O) groups is 1. The molecule has 1 aromatic carbocycles. The lowest BCUT2D eigenvalue weighted by molar-refractivity contribution is 0.0953. The molecule has 2 rings (SSSR count). The largest absolute Gasteiger partial charge is 0.493 e. The molecule has 0 atom stereocenters. The van der Waals surface area contributed by atoms with Crippen LogP contribution in [-0.4, -0.2) is 60.9 Å². The molecule has 9 heteroatoms. The molecule has 0 aliphatic heterocycles. The Kier molecular flexibility index (Phi) is 7.73. The minimum absolute atomic E-state index is 0.178. The number of rotatable bonds is 10. The van der Waals surface area contributed by atoms with E-state index in [1.165, 1.54) is 7.11 Å². The number of ether oxygens (including phenoxy) is 3. The standard InChI is InChI=1S/C17H24N4O4S/c1-21-15(19-20-17(21)26-10-9-23-2)7-8-18-16(22)12-5-6-13(24-3)14(11-12)25-4/h5-6,11H,7-10H2,1-4H3,(H,18,22). The predicted octanol–water partition coefficient (Wildman–Crippen LogP) is 1.54. The van der Waals surface area contributed by atoms with Crippen molar-refractivity contribution < 1.29 is 19.0 Å². The van der Waals surface area contributed by atoms with Crippen molar-refractivity contribution in [2.75, 3.05) is 40.2 Å². The van der Waals surface area contributed by atoms with Gasteiger partial charge in [0.2, 0.25) is 0 Å². The van der Waals surface area contributed by atoms with Crippen LogP contribution in [0.3, 0.4) is 0 Å². The molecule has 0 aliphatic rings. The number of hydrogen-bond acceptors (Lipinski definition) is 7. The van der Waals surface area contributed by atoms with E-state index in [2.05, 4.69) is 15.5 Å². The molecule has 0 aliphatic carbocycles. The molecule has 8 nitrogen and oxygen atoms in total. The molecule has 0 saturated heterocycles. The molecule has 26 heavy (non-hydrogen) atoms. The van der Waals surface area contributed by atoms with Crippen LogP contribution in [-0.2, 0) is 18.2 Å². The highest BCUT2D eigenvalue weighted by atomic mass is 32.2. The number of nitrogens with one attached hydrogen (secondary N) is 1. The summed E-state index contributed by atoms with van der Waals surface area (Å²) in [6.45, 7) is 1.12. The van der Waals surface area contributed by atoms with E-state index in [1.807, 2.05) is 11.6 Å². The summed E-state index contributed by atoms with van der Waals surface area (Å²) in [4.78, 5) is 12.3. The monoisotopic (exact) mass is 380 g/mol. The van der Waals surface area contributed by atoms with Gasteiger partial charge in [-0.15, -0.1) is 10.2 Å². The first-order chi connectivity index (χ1) is 12.6. The minimum Gasteiger partial charge on any atom is -0.493 e. The second-order valence-corrected chi connectivity index (χ2v) is 6.44. The van der Waals surface area contributed by atoms with Crippen LogP contribution in [0, 0.1) is 0 Å². The van der Waals surface area contributed by atoms with Gasteiger partial charge in [-0.25, -0.2) is 0 Å². The third-order valence-corrected chi connectivity index (χ3v) is 4.71. The topological polar surface area (TPSA) is 87.5 Å². The molecule has 0 saturated carbocycles. The Morgan fingerprint density at radius 1 is 1.19 bits per heavy atom. The Hall–Kier alpha value is -2.26. The third kappa shape index (κ3) is 5.12. The van der Waals surface area contributed by atoms with Crippen molar-refractivity contribution in [2.45, 2.75) is 11.6 Å². The van der Waals surface area contributed by atoms with E-state index < -0.39 is 0 Å². The van der Waals surface area contributed by atoms with Crippen molar-refractivity contribution >= 4 is 17.7 Å². The lowest BCUT2D eigenvalue weighted by Gasteiger charge is -2.10. The molecule has 142 valence electrons. The molecule has 0 radical (unpaired) electrons. The van der Waals surface area contributed by atoms with Gasteiger partial charge in [0, 0.05) is 38.4 Å². The lowest BCUT2D eigenvalue weighted by Crippen LogP contribution is -2.26. The van der Waals surface area contributed by atoms with Crippen LogP contribution in [0.4, 0.5) is 0 Å². The van der Waals surface area contributed by atoms with Crippen molar-refractivity contribution in [3.8, 4) is 11.5 Å². The highest BCUT2D eigenvalue weighted by Gasteiger charge is 2.12. The summed E-state index contributed by atoms with van der Waals surface area (Å²) in [5.41, 5.74) is 0.511. The van der Waals surface area contributed by atoms with Gasteiger partial charge in [0.05, 0.1) is 20.8 Å². The number of aromatic nitrogens is 3. The lowest BCUT2D eigenvalue weighted by atomic mass is 10.2. The van der Waals surface area contributed by atoms with Crippen LogP contribution in [0.25, 0.3) is 0 Å². The minimum atomic E-state index is -0.178. The fraction of sp³-hybridized carbons (Fsp3) is 0.471. The summed E-state index contributed by atoms with van der Waals surface area (Å²) in [5.74, 6) is 2.56. The van der Waals surface area contributed by atoms with E-state index in [-0.39, 0.29) is 5.91 Å². The highest BCUT2D eigenvalue weighted by Crippen LogP contribution is 2.27. The van der Waals surface area contributed by atoms with E-state index in [1.54, 1.807) is 44.2 Å². The maximum absolute atomic E-state index is 12.3. The Bertz CT molecular complexity index is 736. The second-order valence-electron chi connectivity index (χ2n) is 5.37. The SMILES string of the molecule is COCCSc1nnc(CCNC(=O)c2ccc(OC)c(OC)c2)n1C. The summed E-state index contributed by atoms with van der Waals surface area (Å²) < 4.78 is 17.4. The van der Waals surface area contributed by atoms with Crippen LogP contribution >= 0.6 is 11.8 Å². The maximum atomic E-state index is 12.3. The van der Waals surface area contributed by atoms with Crippen molar-refractivity contribution in [1.29, 1.82) is 0 Å². The molecule has 2 aromatic rings. The Labute approximate surface area is 157 Å². The number of thioether (sulfide) groups is 1. The first-order valence-corrected chi connectivity index (χ1v) is 9.09. The van der Waals surface area contributed by atoms with Gasteiger partial charge in [-0.3, -0.25) is 4.79 Å². The highest BCUT2D eigenvalue weighted by molar-refractivity contribution is 7.99. The first-order valence-electron chi connectivity index (χ1n) is 8.11. The van der Waals surface area contributed by atoms with E-state index in [9.17, 15) is 4.79 Å². The average molecular weight is 380 g/mol. The Balaban J connectivity index is 1.88. The molecular formula is C17H24N4O4S. The average Bonchev–Trinajstić information content (AvgIpc) is 3.01. The van der Waals surface area contributed by atoms with Gasteiger partial charge < -0.3 is 24.1 Å². The van der Waals surface area contributed by atoms with Gasteiger partial charge in [0.1, 0.15) is 5.82 Å². The van der Waals surface area contributed by atoms with Gasteiger partial charge in [0.25, 0.3) is 5.91 Å². The Morgan fingerprint density at radius 3 is 2.65 bits per heavy atom. The number of benzene rings is 1. The molecule has 1 N–H and O–H groups in total. The maximum Gasteiger partial charge on any atom is 0.251 e. The number of carbonyl (C=O) groups excluding carboxylic acids is 1. The van der Waals surface area contributed by atoms with Crippen molar-refractivity contribution in [3.63, 3.8) is 0 Å². The van der Waals surface area contributed by atoms with Crippen molar-refractivity contribution in [3.05, 3.63) is 29.6 Å².